The Morgan fingerprint density at radius 2 is 2.27 bits per heavy atom. The second kappa shape index (κ2) is 4.32. The Hall–Kier alpha value is -0.240. The van der Waals surface area contributed by atoms with Crippen LogP contribution in [-0.2, 0) is 4.79 Å². The smallest absolute Gasteiger partial charge is 0.226 e. The first-order valence-corrected chi connectivity index (χ1v) is 6.50. The van der Waals surface area contributed by atoms with Gasteiger partial charge in [-0.25, -0.2) is 0 Å². The Balaban J connectivity index is 1.87. The number of rotatable bonds is 2. The maximum Gasteiger partial charge on any atom is 0.226 e. The minimum Gasteiger partial charge on any atom is -0.341 e. The molecule has 1 saturated heterocycles. The van der Waals surface area contributed by atoms with Gasteiger partial charge in [-0.3, -0.25) is 4.79 Å². The summed E-state index contributed by atoms with van der Waals surface area (Å²) in [7, 11) is 0. The molecule has 0 bridgehead atoms. The Labute approximate surface area is 97.0 Å². The number of likely N-dealkylation sites (tertiary alicyclic amines) is 1. The van der Waals surface area contributed by atoms with Crippen LogP contribution in [0.1, 0.15) is 33.1 Å². The molecule has 2 aliphatic rings. The van der Waals surface area contributed by atoms with Crippen LogP contribution in [0, 0.1) is 17.8 Å². The Kier molecular flexibility index (Phi) is 3.24. The molecule has 1 heterocycles. The van der Waals surface area contributed by atoms with Crippen LogP contribution >= 0.6 is 11.6 Å². The fourth-order valence-electron chi connectivity index (χ4n) is 2.46. The number of alkyl halides is 1. The molecule has 0 aromatic rings. The molecule has 86 valence electrons. The van der Waals surface area contributed by atoms with E-state index in [2.05, 4.69) is 13.8 Å². The molecular weight excluding hydrogens is 210 g/mol. The molecule has 2 nitrogen and oxygen atoms in total. The average Bonchev–Trinajstić information content (AvgIpc) is 3.00. The van der Waals surface area contributed by atoms with E-state index in [0.29, 0.717) is 23.7 Å². The predicted octanol–water partition coefficient (Wildman–Crippen LogP) is 2.51. The Morgan fingerprint density at radius 3 is 2.80 bits per heavy atom. The molecular formula is C12H20ClNO. The van der Waals surface area contributed by atoms with Gasteiger partial charge >= 0.3 is 0 Å². The predicted molar refractivity (Wildman–Crippen MR) is 61.9 cm³/mol. The molecule has 2 fully saturated rings. The quantitative estimate of drug-likeness (QED) is 0.667. The molecule has 0 aromatic heterocycles. The van der Waals surface area contributed by atoms with Crippen molar-refractivity contribution in [3.63, 3.8) is 0 Å². The van der Waals surface area contributed by atoms with Crippen LogP contribution in [0.5, 0.6) is 0 Å². The van der Waals surface area contributed by atoms with Gasteiger partial charge in [-0.2, -0.15) is 0 Å². The first-order chi connectivity index (χ1) is 7.13. The zero-order valence-corrected chi connectivity index (χ0v) is 10.3. The first kappa shape index (κ1) is 11.3. The van der Waals surface area contributed by atoms with Crippen LogP contribution < -0.4 is 0 Å². The number of hydrogen-bond donors (Lipinski definition) is 0. The van der Waals surface area contributed by atoms with Crippen molar-refractivity contribution in [3.8, 4) is 0 Å². The molecule has 2 rings (SSSR count). The Morgan fingerprint density at radius 1 is 1.53 bits per heavy atom. The molecule has 3 heteroatoms. The van der Waals surface area contributed by atoms with E-state index in [-0.39, 0.29) is 5.38 Å². The molecule has 1 amide bonds. The normalized spacial score (nSPS) is 40.3. The summed E-state index contributed by atoms with van der Waals surface area (Å²) in [5, 5.41) is 0.154. The number of nitrogens with zero attached hydrogens (tertiary/aromatic N) is 1. The van der Waals surface area contributed by atoms with Crippen molar-refractivity contribution >= 4 is 17.5 Å². The van der Waals surface area contributed by atoms with Gasteiger partial charge in [0.2, 0.25) is 5.91 Å². The molecule has 0 radical (unpaired) electrons. The van der Waals surface area contributed by atoms with Gasteiger partial charge in [-0.1, -0.05) is 20.3 Å². The summed E-state index contributed by atoms with van der Waals surface area (Å²) in [6, 6.07) is 0. The van der Waals surface area contributed by atoms with Crippen LogP contribution in [0.15, 0.2) is 0 Å². The summed E-state index contributed by atoms with van der Waals surface area (Å²) in [5.74, 6) is 1.90. The highest BCUT2D eigenvalue weighted by Gasteiger charge is 2.44. The summed E-state index contributed by atoms with van der Waals surface area (Å²) in [6.07, 6.45) is 3.31. The summed E-state index contributed by atoms with van der Waals surface area (Å²) < 4.78 is 0. The third kappa shape index (κ3) is 2.30. The fourth-order valence-corrected chi connectivity index (χ4v) is 2.75. The van der Waals surface area contributed by atoms with Gasteiger partial charge in [0.25, 0.3) is 0 Å². The van der Waals surface area contributed by atoms with Crippen LogP contribution in [0.2, 0.25) is 0 Å². The molecule has 1 saturated carbocycles. The third-order valence-electron chi connectivity index (χ3n) is 3.94. The van der Waals surface area contributed by atoms with Gasteiger partial charge in [-0.15, -0.1) is 11.6 Å². The van der Waals surface area contributed by atoms with Crippen molar-refractivity contribution in [2.24, 2.45) is 17.8 Å². The SMILES string of the molecule is CC[C@@H]1C[C@H]1C(=O)N1CCC(C)C(Cl)C1. The van der Waals surface area contributed by atoms with Gasteiger partial charge in [0.1, 0.15) is 0 Å². The zero-order chi connectivity index (χ0) is 11.0. The molecule has 15 heavy (non-hydrogen) atoms. The standard InChI is InChI=1S/C12H20ClNO/c1-3-9-6-10(9)12(15)14-5-4-8(2)11(13)7-14/h8-11H,3-7H2,1-2H3/t8?,9-,10-,11?/m1/s1. The molecule has 1 aliphatic heterocycles. The summed E-state index contributed by atoms with van der Waals surface area (Å²) in [6.45, 7) is 6.01. The van der Waals surface area contributed by atoms with Gasteiger partial charge in [0.05, 0.1) is 5.38 Å². The molecule has 0 spiro atoms. The average molecular weight is 230 g/mol. The van der Waals surface area contributed by atoms with E-state index in [1.807, 2.05) is 4.90 Å². The molecule has 4 atom stereocenters. The molecule has 0 aromatic carbocycles. The maximum absolute atomic E-state index is 12.0. The summed E-state index contributed by atoms with van der Waals surface area (Å²) in [4.78, 5) is 14.0. The lowest BCUT2D eigenvalue weighted by molar-refractivity contribution is -0.134. The zero-order valence-electron chi connectivity index (χ0n) is 9.58. The lowest BCUT2D eigenvalue weighted by Gasteiger charge is -2.34. The summed E-state index contributed by atoms with van der Waals surface area (Å²) in [5.41, 5.74) is 0. The van der Waals surface area contributed by atoms with Crippen molar-refractivity contribution in [3.05, 3.63) is 0 Å². The van der Waals surface area contributed by atoms with Crippen molar-refractivity contribution in [1.29, 1.82) is 0 Å². The monoisotopic (exact) mass is 229 g/mol. The van der Waals surface area contributed by atoms with E-state index in [4.69, 9.17) is 11.6 Å². The van der Waals surface area contributed by atoms with E-state index in [9.17, 15) is 4.79 Å². The second-order valence-corrected chi connectivity index (χ2v) is 5.64. The number of carbonyl (C=O) groups excluding carboxylic acids is 1. The topological polar surface area (TPSA) is 20.3 Å². The lowest BCUT2D eigenvalue weighted by Crippen LogP contribution is -2.44. The van der Waals surface area contributed by atoms with E-state index >= 15 is 0 Å². The summed E-state index contributed by atoms with van der Waals surface area (Å²) >= 11 is 6.21. The molecule has 0 N–H and O–H groups in total. The van der Waals surface area contributed by atoms with Crippen molar-refractivity contribution in [1.82, 2.24) is 4.90 Å². The van der Waals surface area contributed by atoms with E-state index < -0.39 is 0 Å². The van der Waals surface area contributed by atoms with Crippen molar-refractivity contribution in [2.45, 2.75) is 38.5 Å². The minimum absolute atomic E-state index is 0.154. The van der Waals surface area contributed by atoms with Crippen LogP contribution in [0.25, 0.3) is 0 Å². The number of piperidine rings is 1. The Bertz CT molecular complexity index is 256. The second-order valence-electron chi connectivity index (χ2n) is 5.08. The van der Waals surface area contributed by atoms with Crippen LogP contribution in [0.4, 0.5) is 0 Å². The third-order valence-corrected chi connectivity index (χ3v) is 4.51. The number of amides is 1. The number of halogens is 1. The largest absolute Gasteiger partial charge is 0.341 e. The van der Waals surface area contributed by atoms with Gasteiger partial charge in [0, 0.05) is 19.0 Å². The lowest BCUT2D eigenvalue weighted by atomic mass is 9.98. The highest BCUT2D eigenvalue weighted by atomic mass is 35.5. The van der Waals surface area contributed by atoms with Gasteiger partial charge in [-0.05, 0) is 24.7 Å². The number of hydrogen-bond acceptors (Lipinski definition) is 1. The fraction of sp³-hybridized carbons (Fsp3) is 0.917. The van der Waals surface area contributed by atoms with Crippen molar-refractivity contribution in [2.75, 3.05) is 13.1 Å². The van der Waals surface area contributed by atoms with E-state index in [0.717, 1.165) is 32.4 Å². The minimum atomic E-state index is 0.154. The number of carbonyl (C=O) groups is 1. The van der Waals surface area contributed by atoms with Crippen LogP contribution in [-0.4, -0.2) is 29.3 Å². The highest BCUT2D eigenvalue weighted by molar-refractivity contribution is 6.21. The van der Waals surface area contributed by atoms with Gasteiger partial charge < -0.3 is 4.90 Å². The van der Waals surface area contributed by atoms with Crippen molar-refractivity contribution < 1.29 is 4.79 Å². The van der Waals surface area contributed by atoms with E-state index in [1.54, 1.807) is 0 Å². The van der Waals surface area contributed by atoms with E-state index in [1.165, 1.54) is 0 Å². The van der Waals surface area contributed by atoms with Crippen LogP contribution in [0.3, 0.4) is 0 Å². The highest BCUT2D eigenvalue weighted by Crippen LogP contribution is 2.42. The maximum atomic E-state index is 12.0. The molecule has 1 aliphatic carbocycles. The van der Waals surface area contributed by atoms with Gasteiger partial charge in [0.15, 0.2) is 0 Å². The molecule has 2 unspecified atom stereocenters. The first-order valence-electron chi connectivity index (χ1n) is 6.06.